The molecule has 0 saturated carbocycles. The molecule has 0 aliphatic carbocycles. The molecule has 6 nitrogen and oxygen atoms in total. The minimum absolute atomic E-state index is 0.246. The molecule has 9 heteroatoms. The van der Waals surface area contributed by atoms with Gasteiger partial charge in [-0.25, -0.2) is 0 Å². The maximum Gasteiger partial charge on any atom is 0.471 e. The summed E-state index contributed by atoms with van der Waals surface area (Å²) in [6.07, 6.45) is -4.98. The van der Waals surface area contributed by atoms with E-state index in [-0.39, 0.29) is 17.2 Å². The van der Waals surface area contributed by atoms with Gasteiger partial charge in [0.05, 0.1) is 0 Å². The minimum atomic E-state index is -4.98. The van der Waals surface area contributed by atoms with E-state index in [1.54, 1.807) is 29.6 Å². The van der Waals surface area contributed by atoms with Gasteiger partial charge in [0.1, 0.15) is 0 Å². The number of alkyl halides is 3. The number of carbonyl (C=O) groups excluding carboxylic acids is 3. The lowest BCUT2D eigenvalue weighted by molar-refractivity contribution is -0.173. The second-order valence-corrected chi connectivity index (χ2v) is 5.55. The fourth-order valence-electron chi connectivity index (χ4n) is 2.21. The third kappa shape index (κ3) is 5.84. The third-order valence-electron chi connectivity index (χ3n) is 3.41. The Labute approximate surface area is 152 Å². The predicted molar refractivity (Wildman–Crippen MR) is 93.0 cm³/mol. The number of rotatable bonds is 5. The highest BCUT2D eigenvalue weighted by Crippen LogP contribution is 2.19. The Balaban J connectivity index is 2.12. The molecule has 0 heterocycles. The van der Waals surface area contributed by atoms with Gasteiger partial charge in [-0.1, -0.05) is 24.3 Å². The van der Waals surface area contributed by atoms with Crippen molar-refractivity contribution in [2.75, 3.05) is 10.6 Å². The van der Waals surface area contributed by atoms with Gasteiger partial charge in [-0.15, -0.1) is 0 Å². The predicted octanol–water partition coefficient (Wildman–Crippen LogP) is 3.08. The van der Waals surface area contributed by atoms with Crippen LogP contribution in [0.25, 0.3) is 0 Å². The van der Waals surface area contributed by atoms with Crippen LogP contribution in [0, 0.1) is 0 Å². The number of carbonyl (C=O) groups is 3. The van der Waals surface area contributed by atoms with E-state index in [0.29, 0.717) is 11.3 Å². The minimum Gasteiger partial charge on any atom is -0.344 e. The summed E-state index contributed by atoms with van der Waals surface area (Å²) in [4.78, 5) is 34.5. The summed E-state index contributed by atoms with van der Waals surface area (Å²) in [7, 11) is 0. The summed E-state index contributed by atoms with van der Waals surface area (Å²) >= 11 is 0. The fourth-order valence-corrected chi connectivity index (χ4v) is 2.21. The zero-order chi connectivity index (χ0) is 20.0. The first-order valence-electron chi connectivity index (χ1n) is 7.79. The van der Waals surface area contributed by atoms with Crippen LogP contribution in [0.3, 0.4) is 0 Å². The first-order valence-corrected chi connectivity index (χ1v) is 7.79. The van der Waals surface area contributed by atoms with E-state index in [4.69, 9.17) is 0 Å². The van der Waals surface area contributed by atoms with Crippen molar-refractivity contribution in [1.82, 2.24) is 5.32 Å². The number of nitrogens with one attached hydrogen (secondary N) is 3. The van der Waals surface area contributed by atoms with E-state index in [9.17, 15) is 27.6 Å². The zero-order valence-corrected chi connectivity index (χ0v) is 14.2. The lowest BCUT2D eigenvalue weighted by Gasteiger charge is -2.13. The molecule has 27 heavy (non-hydrogen) atoms. The molecule has 0 aliphatic heterocycles. The summed E-state index contributed by atoms with van der Waals surface area (Å²) in [5.41, 5.74) is 1.24. The largest absolute Gasteiger partial charge is 0.471 e. The van der Waals surface area contributed by atoms with Gasteiger partial charge in [-0.2, -0.15) is 13.2 Å². The summed E-state index contributed by atoms with van der Waals surface area (Å²) in [5, 5.41) is 6.90. The Kier molecular flexibility index (Phi) is 6.17. The molecule has 0 atom stereocenters. The van der Waals surface area contributed by atoms with Crippen LogP contribution in [0.2, 0.25) is 0 Å². The lowest BCUT2D eigenvalue weighted by atomic mass is 10.1. The quantitative estimate of drug-likeness (QED) is 0.746. The molecule has 2 aromatic rings. The van der Waals surface area contributed by atoms with Crippen molar-refractivity contribution in [1.29, 1.82) is 0 Å². The van der Waals surface area contributed by atoms with Crippen LogP contribution in [0.5, 0.6) is 0 Å². The first-order chi connectivity index (χ1) is 12.7. The molecular formula is C18H16F3N3O3. The summed E-state index contributed by atoms with van der Waals surface area (Å²) in [5.74, 6) is -2.87. The Morgan fingerprint density at radius 2 is 1.67 bits per heavy atom. The van der Waals surface area contributed by atoms with Crippen molar-refractivity contribution < 1.29 is 27.6 Å². The van der Waals surface area contributed by atoms with Crippen LogP contribution in [-0.2, 0) is 16.1 Å². The van der Waals surface area contributed by atoms with E-state index in [1.165, 1.54) is 31.2 Å². The Morgan fingerprint density at radius 3 is 2.33 bits per heavy atom. The van der Waals surface area contributed by atoms with Crippen LogP contribution < -0.4 is 16.0 Å². The van der Waals surface area contributed by atoms with E-state index in [1.807, 2.05) is 0 Å². The molecule has 0 unspecified atom stereocenters. The molecule has 3 amide bonds. The zero-order valence-electron chi connectivity index (χ0n) is 14.2. The van der Waals surface area contributed by atoms with Gasteiger partial charge >= 0.3 is 12.1 Å². The molecule has 0 saturated heterocycles. The number of para-hydroxylation sites is 1. The number of anilines is 2. The molecule has 0 spiro atoms. The SMILES string of the molecule is CC(=O)Nc1cccc(C(=O)Nc2ccccc2CNC(=O)C(F)(F)F)c1. The second-order valence-electron chi connectivity index (χ2n) is 5.55. The van der Waals surface area contributed by atoms with Gasteiger partial charge in [0.25, 0.3) is 5.91 Å². The molecule has 0 radical (unpaired) electrons. The highest BCUT2D eigenvalue weighted by atomic mass is 19.4. The molecular weight excluding hydrogens is 363 g/mol. The molecule has 2 rings (SSSR count). The van der Waals surface area contributed by atoms with Crippen molar-refractivity contribution in [3.05, 3.63) is 59.7 Å². The number of hydrogen-bond donors (Lipinski definition) is 3. The maximum atomic E-state index is 12.4. The normalized spacial score (nSPS) is 10.8. The second kappa shape index (κ2) is 8.35. The van der Waals surface area contributed by atoms with Crippen molar-refractivity contribution >= 4 is 29.1 Å². The van der Waals surface area contributed by atoms with Gasteiger partial charge in [0, 0.05) is 30.4 Å². The van der Waals surface area contributed by atoms with Crippen molar-refractivity contribution in [2.24, 2.45) is 0 Å². The van der Waals surface area contributed by atoms with Gasteiger partial charge in [0.2, 0.25) is 5.91 Å². The van der Waals surface area contributed by atoms with Gasteiger partial charge in [0.15, 0.2) is 0 Å². The average Bonchev–Trinajstić information content (AvgIpc) is 2.59. The third-order valence-corrected chi connectivity index (χ3v) is 3.41. The summed E-state index contributed by atoms with van der Waals surface area (Å²) < 4.78 is 36.9. The average molecular weight is 379 g/mol. The topological polar surface area (TPSA) is 87.3 Å². The van der Waals surface area contributed by atoms with Crippen LogP contribution in [0.1, 0.15) is 22.8 Å². The smallest absolute Gasteiger partial charge is 0.344 e. The van der Waals surface area contributed by atoms with Crippen molar-refractivity contribution in [2.45, 2.75) is 19.6 Å². The Bertz CT molecular complexity index is 866. The van der Waals surface area contributed by atoms with Crippen LogP contribution in [0.4, 0.5) is 24.5 Å². The van der Waals surface area contributed by atoms with E-state index < -0.39 is 24.5 Å². The summed E-state index contributed by atoms with van der Waals surface area (Å²) in [6.45, 7) is 0.930. The maximum absolute atomic E-state index is 12.4. The number of halogens is 3. The molecule has 3 N–H and O–H groups in total. The Morgan fingerprint density at radius 1 is 0.963 bits per heavy atom. The van der Waals surface area contributed by atoms with Crippen LogP contribution in [-0.4, -0.2) is 23.9 Å². The van der Waals surface area contributed by atoms with E-state index in [0.717, 1.165) is 0 Å². The highest BCUT2D eigenvalue weighted by molar-refractivity contribution is 6.05. The molecule has 0 bridgehead atoms. The molecule has 142 valence electrons. The first kappa shape index (κ1) is 20.0. The summed E-state index contributed by atoms with van der Waals surface area (Å²) in [6, 6.07) is 12.3. The molecule has 0 fully saturated rings. The van der Waals surface area contributed by atoms with Crippen molar-refractivity contribution in [3.8, 4) is 0 Å². The molecule has 0 aromatic heterocycles. The lowest BCUT2D eigenvalue weighted by Crippen LogP contribution is -2.36. The number of amides is 3. The monoisotopic (exact) mass is 379 g/mol. The van der Waals surface area contributed by atoms with E-state index in [2.05, 4.69) is 10.6 Å². The van der Waals surface area contributed by atoms with Gasteiger partial charge in [-0.05, 0) is 29.8 Å². The number of benzene rings is 2. The van der Waals surface area contributed by atoms with E-state index >= 15 is 0 Å². The fraction of sp³-hybridized carbons (Fsp3) is 0.167. The highest BCUT2D eigenvalue weighted by Gasteiger charge is 2.38. The van der Waals surface area contributed by atoms with Crippen molar-refractivity contribution in [3.63, 3.8) is 0 Å². The van der Waals surface area contributed by atoms with Crippen LogP contribution >= 0.6 is 0 Å². The molecule has 2 aromatic carbocycles. The molecule has 0 aliphatic rings. The Hall–Kier alpha value is -3.36. The standard InChI is InChI=1S/C18H16F3N3O3/c1-11(25)23-14-7-4-6-12(9-14)16(26)24-15-8-3-2-5-13(15)10-22-17(27)18(19,20)21/h2-9H,10H2,1H3,(H,22,27)(H,23,25)(H,24,26). The van der Waals surface area contributed by atoms with Crippen LogP contribution in [0.15, 0.2) is 48.5 Å². The van der Waals surface area contributed by atoms with Gasteiger partial charge in [-0.3, -0.25) is 14.4 Å². The van der Waals surface area contributed by atoms with Gasteiger partial charge < -0.3 is 16.0 Å². The number of hydrogen-bond acceptors (Lipinski definition) is 3.